The minimum atomic E-state index is -2.93. The smallest absolute Gasteiger partial charge is 0.317 e. The molecule has 6 rings (SSSR count). The third-order valence-corrected chi connectivity index (χ3v) is 10.1. The summed E-state index contributed by atoms with van der Waals surface area (Å²) in [5.41, 5.74) is -0.395. The van der Waals surface area contributed by atoms with Gasteiger partial charge in [0.15, 0.2) is 5.82 Å². The van der Waals surface area contributed by atoms with Crippen molar-refractivity contribution in [2.24, 2.45) is 5.92 Å². The van der Waals surface area contributed by atoms with Crippen LogP contribution in [0.1, 0.15) is 88.8 Å². The van der Waals surface area contributed by atoms with Gasteiger partial charge < -0.3 is 19.6 Å². The van der Waals surface area contributed by atoms with E-state index in [1.54, 1.807) is 4.90 Å². The lowest BCUT2D eigenvalue weighted by molar-refractivity contribution is -0.0960. The van der Waals surface area contributed by atoms with Crippen LogP contribution in [-0.4, -0.2) is 101 Å². The molecular formula is C28H43F3N6O2. The van der Waals surface area contributed by atoms with Crippen LogP contribution in [0.25, 0.3) is 0 Å². The molecule has 1 N–H and O–H groups in total. The highest BCUT2D eigenvalue weighted by Crippen LogP contribution is 2.44. The summed E-state index contributed by atoms with van der Waals surface area (Å²) in [5, 5.41) is 6.89. The van der Waals surface area contributed by atoms with Gasteiger partial charge in [-0.1, -0.05) is 12.1 Å². The van der Waals surface area contributed by atoms with Crippen molar-refractivity contribution in [2.75, 3.05) is 39.8 Å². The number of halogens is 3. The van der Waals surface area contributed by atoms with E-state index >= 15 is 8.78 Å². The number of likely N-dealkylation sites (tertiary alicyclic amines) is 2. The van der Waals surface area contributed by atoms with Gasteiger partial charge in [0.25, 0.3) is 5.92 Å². The molecule has 1 unspecified atom stereocenters. The van der Waals surface area contributed by atoms with Crippen molar-refractivity contribution < 1.29 is 22.5 Å². The van der Waals surface area contributed by atoms with Crippen molar-refractivity contribution in [2.45, 2.75) is 113 Å². The van der Waals surface area contributed by atoms with E-state index in [2.05, 4.69) is 32.3 Å². The summed E-state index contributed by atoms with van der Waals surface area (Å²) in [6, 6.07) is -1.43. The average molecular weight is 553 g/mol. The predicted molar refractivity (Wildman–Crippen MR) is 140 cm³/mol. The van der Waals surface area contributed by atoms with Crippen LogP contribution >= 0.6 is 0 Å². The molecule has 2 aliphatic heterocycles. The highest BCUT2D eigenvalue weighted by molar-refractivity contribution is 5.75. The first-order chi connectivity index (χ1) is 18.6. The Kier molecular flexibility index (Phi) is 7.35. The number of carbonyl (C=O) groups excluding carboxylic acids is 1. The lowest BCUT2D eigenvalue weighted by Crippen LogP contribution is -2.65. The van der Waals surface area contributed by atoms with E-state index in [1.807, 2.05) is 6.92 Å². The van der Waals surface area contributed by atoms with E-state index in [4.69, 9.17) is 4.52 Å². The van der Waals surface area contributed by atoms with Gasteiger partial charge in [-0.3, -0.25) is 4.90 Å². The maximum absolute atomic E-state index is 15.3. The zero-order valence-electron chi connectivity index (χ0n) is 23.3. The van der Waals surface area contributed by atoms with Crippen LogP contribution in [0.15, 0.2) is 4.52 Å². The molecule has 1 aromatic heterocycles. The molecule has 5 aliphatic rings. The van der Waals surface area contributed by atoms with Gasteiger partial charge in [0.1, 0.15) is 12.2 Å². The number of aromatic nitrogens is 2. The van der Waals surface area contributed by atoms with E-state index in [9.17, 15) is 9.18 Å². The van der Waals surface area contributed by atoms with Crippen LogP contribution in [0.2, 0.25) is 0 Å². The Bertz CT molecular complexity index is 1020. The number of hydrogen-bond donors (Lipinski definition) is 1. The number of carbonyl (C=O) groups is 1. The first-order valence-corrected chi connectivity index (χ1v) is 15.0. The third-order valence-electron chi connectivity index (χ3n) is 10.1. The number of hydrogen-bond acceptors (Lipinski definition) is 6. The Hall–Kier alpha value is -1.88. The van der Waals surface area contributed by atoms with Crippen molar-refractivity contribution in [3.8, 4) is 0 Å². The highest BCUT2D eigenvalue weighted by Gasteiger charge is 2.51. The zero-order valence-corrected chi connectivity index (χ0v) is 23.3. The summed E-state index contributed by atoms with van der Waals surface area (Å²) in [5.74, 6) is -1.49. The largest absolute Gasteiger partial charge is 0.339 e. The molecule has 3 saturated carbocycles. The molecule has 2 amide bonds. The quantitative estimate of drug-likeness (QED) is 0.543. The molecule has 2 saturated heterocycles. The van der Waals surface area contributed by atoms with Gasteiger partial charge in [-0.2, -0.15) is 4.98 Å². The fourth-order valence-corrected chi connectivity index (χ4v) is 6.96. The molecule has 218 valence electrons. The second kappa shape index (κ2) is 10.5. The maximum Gasteiger partial charge on any atom is 0.317 e. The monoisotopic (exact) mass is 552 g/mol. The Morgan fingerprint density at radius 1 is 1.10 bits per heavy atom. The highest BCUT2D eigenvalue weighted by atomic mass is 19.3. The minimum Gasteiger partial charge on any atom is -0.339 e. The molecule has 1 aromatic rings. The number of urea groups is 1. The second-order valence-corrected chi connectivity index (χ2v) is 13.2. The lowest BCUT2D eigenvalue weighted by Gasteiger charge is -2.47. The van der Waals surface area contributed by atoms with Crippen LogP contribution in [-0.2, 0) is 5.41 Å². The van der Waals surface area contributed by atoms with Gasteiger partial charge in [0.05, 0.1) is 5.92 Å². The van der Waals surface area contributed by atoms with Crippen LogP contribution in [0.4, 0.5) is 18.0 Å². The molecule has 3 aliphatic carbocycles. The molecule has 0 radical (unpaired) electrons. The van der Waals surface area contributed by atoms with E-state index < -0.39 is 29.6 Å². The summed E-state index contributed by atoms with van der Waals surface area (Å²) >= 11 is 0. The van der Waals surface area contributed by atoms with Crippen molar-refractivity contribution in [1.29, 1.82) is 0 Å². The van der Waals surface area contributed by atoms with Crippen LogP contribution < -0.4 is 5.32 Å². The topological polar surface area (TPSA) is 77.7 Å². The van der Waals surface area contributed by atoms with Crippen molar-refractivity contribution in [3.05, 3.63) is 11.7 Å². The minimum absolute atomic E-state index is 0.187. The first kappa shape index (κ1) is 27.3. The molecule has 39 heavy (non-hydrogen) atoms. The fourth-order valence-electron chi connectivity index (χ4n) is 6.96. The summed E-state index contributed by atoms with van der Waals surface area (Å²) in [7, 11) is 2.20. The number of piperidine rings is 2. The lowest BCUT2D eigenvalue weighted by atomic mass is 9.79. The summed E-state index contributed by atoms with van der Waals surface area (Å²) in [6.07, 6.45) is 6.31. The summed E-state index contributed by atoms with van der Waals surface area (Å²) in [4.78, 5) is 24.1. The second-order valence-electron chi connectivity index (χ2n) is 13.2. The number of nitrogens with zero attached hydrogens (tertiary/aromatic N) is 5. The maximum atomic E-state index is 15.3. The SMILES string of the molecule is CN(CC1CC1)C1CCN([C@H]2CCCC(F)(F)[C@@H]2NC(=O)N2CCC(C)(c3noc(C4C[C@@H]4F)n3)CC2)CC1. The third kappa shape index (κ3) is 5.80. The van der Waals surface area contributed by atoms with Gasteiger partial charge in [-0.25, -0.2) is 18.0 Å². The Morgan fingerprint density at radius 2 is 1.79 bits per heavy atom. The van der Waals surface area contributed by atoms with Gasteiger partial charge in [-0.05, 0) is 70.8 Å². The van der Waals surface area contributed by atoms with Gasteiger partial charge in [-0.15, -0.1) is 0 Å². The van der Waals surface area contributed by atoms with Crippen LogP contribution in [0, 0.1) is 5.92 Å². The van der Waals surface area contributed by atoms with Gasteiger partial charge in [0.2, 0.25) is 5.89 Å². The molecule has 11 heteroatoms. The Labute approximate surface area is 229 Å². The summed E-state index contributed by atoms with van der Waals surface area (Å²) in [6.45, 7) is 5.60. The molecule has 5 fully saturated rings. The molecule has 0 aromatic carbocycles. The fraction of sp³-hybridized carbons (Fsp3) is 0.893. The number of amides is 2. The molecule has 0 spiro atoms. The molecular weight excluding hydrogens is 509 g/mol. The molecule has 4 atom stereocenters. The molecule has 0 bridgehead atoms. The normalized spacial score (nSPS) is 33.3. The standard InChI is InChI=1S/C28H43F3N6O2/c1-27(25-33-24(39-34-25)20-16-21(20)29)10-14-37(15-11-27)26(38)32-23-22(4-3-9-28(23,30)31)36-12-7-19(8-13-36)35(2)17-18-5-6-18/h18-23H,3-17H2,1-2H3,(H,32,38)/t20?,21-,22-,23+/m0/s1. The predicted octanol–water partition coefficient (Wildman–Crippen LogP) is 4.32. The first-order valence-electron chi connectivity index (χ1n) is 15.0. The number of rotatable bonds is 7. The van der Waals surface area contributed by atoms with Crippen LogP contribution in [0.3, 0.4) is 0 Å². The van der Waals surface area contributed by atoms with E-state index in [0.29, 0.717) is 63.0 Å². The summed E-state index contributed by atoms with van der Waals surface area (Å²) < 4.78 is 49.3. The number of nitrogens with one attached hydrogen (secondary N) is 1. The average Bonchev–Trinajstić information content (AvgIpc) is 3.82. The molecule has 3 heterocycles. The van der Waals surface area contributed by atoms with Gasteiger partial charge in [0, 0.05) is 56.6 Å². The van der Waals surface area contributed by atoms with Crippen molar-refractivity contribution in [1.82, 2.24) is 30.2 Å². The van der Waals surface area contributed by atoms with Crippen molar-refractivity contribution >= 4 is 6.03 Å². The van der Waals surface area contributed by atoms with E-state index in [1.165, 1.54) is 12.8 Å². The van der Waals surface area contributed by atoms with Gasteiger partial charge >= 0.3 is 6.03 Å². The number of alkyl halides is 3. The van der Waals surface area contributed by atoms with Crippen LogP contribution in [0.5, 0.6) is 0 Å². The van der Waals surface area contributed by atoms with E-state index in [-0.39, 0.29) is 18.4 Å². The van der Waals surface area contributed by atoms with Crippen molar-refractivity contribution in [3.63, 3.8) is 0 Å². The zero-order chi connectivity index (χ0) is 27.4. The Morgan fingerprint density at radius 3 is 2.44 bits per heavy atom. The van der Waals surface area contributed by atoms with E-state index in [0.717, 1.165) is 38.4 Å². The Balaban J connectivity index is 1.04. The molecule has 8 nitrogen and oxygen atoms in total.